The molecule has 0 bridgehead atoms. The van der Waals surface area contributed by atoms with E-state index >= 15 is 0 Å². The largest absolute Gasteiger partial charge is 0.252 e. The zero-order chi connectivity index (χ0) is 10.4. The van der Waals surface area contributed by atoms with Gasteiger partial charge in [0.05, 0.1) is 5.69 Å². The lowest BCUT2D eigenvalue weighted by Crippen LogP contribution is -1.96. The van der Waals surface area contributed by atoms with Gasteiger partial charge in [0.2, 0.25) is 0 Å². The quantitative estimate of drug-likeness (QED) is 0.698. The average molecular weight is 195 g/mol. The Morgan fingerprint density at radius 1 is 1.43 bits per heavy atom. The molecule has 1 rings (SSSR count). The summed E-state index contributed by atoms with van der Waals surface area (Å²) >= 11 is 0. The second-order valence-electron chi connectivity index (χ2n) is 4.26. The van der Waals surface area contributed by atoms with Crippen molar-refractivity contribution in [2.45, 2.75) is 53.0 Å². The van der Waals surface area contributed by atoms with E-state index in [4.69, 9.17) is 0 Å². The molecule has 0 spiro atoms. The van der Waals surface area contributed by atoms with Crippen LogP contribution in [0.5, 0.6) is 0 Å². The summed E-state index contributed by atoms with van der Waals surface area (Å²) in [5.41, 5.74) is 1.14. The second kappa shape index (κ2) is 5.78. The van der Waals surface area contributed by atoms with Gasteiger partial charge in [-0.1, -0.05) is 32.4 Å². The Bertz CT molecular complexity index is 253. The first-order valence-electron chi connectivity index (χ1n) is 5.61. The van der Waals surface area contributed by atoms with Gasteiger partial charge >= 0.3 is 0 Å². The minimum absolute atomic E-state index is 0.792. The van der Waals surface area contributed by atoms with Gasteiger partial charge in [0, 0.05) is 12.7 Å². The normalized spacial score (nSPS) is 11.1. The number of aromatic nitrogens is 3. The fourth-order valence-corrected chi connectivity index (χ4v) is 1.48. The van der Waals surface area contributed by atoms with Gasteiger partial charge < -0.3 is 0 Å². The molecule has 1 aromatic heterocycles. The first-order valence-corrected chi connectivity index (χ1v) is 5.61. The van der Waals surface area contributed by atoms with E-state index in [1.165, 1.54) is 12.8 Å². The summed E-state index contributed by atoms with van der Waals surface area (Å²) in [5.74, 6) is 0.792. The van der Waals surface area contributed by atoms with Gasteiger partial charge in [-0.15, -0.1) is 5.10 Å². The minimum atomic E-state index is 0.792. The summed E-state index contributed by atoms with van der Waals surface area (Å²) in [4.78, 5) is 0. The smallest absolute Gasteiger partial charge is 0.0827 e. The Kier molecular flexibility index (Phi) is 4.63. The molecule has 0 saturated heterocycles. The highest BCUT2D eigenvalue weighted by molar-refractivity contribution is 4.92. The highest BCUT2D eigenvalue weighted by Crippen LogP contribution is 2.07. The highest BCUT2D eigenvalue weighted by Gasteiger charge is 2.00. The second-order valence-corrected chi connectivity index (χ2v) is 4.26. The van der Waals surface area contributed by atoms with E-state index in [9.17, 15) is 0 Å². The van der Waals surface area contributed by atoms with Crippen molar-refractivity contribution in [1.82, 2.24) is 15.0 Å². The molecule has 0 aliphatic heterocycles. The van der Waals surface area contributed by atoms with Gasteiger partial charge in [0.15, 0.2) is 0 Å². The molecule has 0 amide bonds. The van der Waals surface area contributed by atoms with Gasteiger partial charge in [-0.25, -0.2) is 0 Å². The predicted molar refractivity (Wildman–Crippen MR) is 58.1 cm³/mol. The number of hydrogen-bond acceptors (Lipinski definition) is 2. The van der Waals surface area contributed by atoms with E-state index in [2.05, 4.69) is 37.3 Å². The topological polar surface area (TPSA) is 30.7 Å². The summed E-state index contributed by atoms with van der Waals surface area (Å²) in [5, 5.41) is 8.21. The molecule has 0 aromatic carbocycles. The molecular formula is C11H21N3. The fraction of sp³-hybridized carbons (Fsp3) is 0.818. The molecule has 0 aliphatic carbocycles. The summed E-state index contributed by atoms with van der Waals surface area (Å²) < 4.78 is 1.94. The van der Waals surface area contributed by atoms with Crippen molar-refractivity contribution in [1.29, 1.82) is 0 Å². The lowest BCUT2D eigenvalue weighted by Gasteiger charge is -2.01. The van der Waals surface area contributed by atoms with Crippen LogP contribution in [-0.4, -0.2) is 15.0 Å². The molecule has 14 heavy (non-hydrogen) atoms. The molecule has 3 nitrogen and oxygen atoms in total. The van der Waals surface area contributed by atoms with E-state index in [1.54, 1.807) is 0 Å². The Balaban J connectivity index is 2.28. The maximum absolute atomic E-state index is 4.14. The van der Waals surface area contributed by atoms with Gasteiger partial charge in [0.1, 0.15) is 0 Å². The summed E-state index contributed by atoms with van der Waals surface area (Å²) in [6, 6.07) is 0. The van der Waals surface area contributed by atoms with Crippen molar-refractivity contribution >= 4 is 0 Å². The Labute approximate surface area is 86.5 Å². The van der Waals surface area contributed by atoms with Gasteiger partial charge in [-0.05, 0) is 25.2 Å². The summed E-state index contributed by atoms with van der Waals surface area (Å²) in [6.07, 6.45) is 6.77. The van der Waals surface area contributed by atoms with Crippen molar-refractivity contribution in [3.05, 3.63) is 11.9 Å². The number of rotatable bonds is 6. The summed E-state index contributed by atoms with van der Waals surface area (Å²) in [7, 11) is 0. The third-order valence-corrected chi connectivity index (χ3v) is 2.25. The molecule has 0 N–H and O–H groups in total. The van der Waals surface area contributed by atoms with Crippen molar-refractivity contribution in [3.8, 4) is 0 Å². The first kappa shape index (κ1) is 11.2. The fourth-order valence-electron chi connectivity index (χ4n) is 1.48. The van der Waals surface area contributed by atoms with Crippen LogP contribution in [0.25, 0.3) is 0 Å². The zero-order valence-corrected chi connectivity index (χ0v) is 9.53. The van der Waals surface area contributed by atoms with E-state index in [1.807, 2.05) is 4.68 Å². The van der Waals surface area contributed by atoms with Gasteiger partial charge in [-0.2, -0.15) is 0 Å². The van der Waals surface area contributed by atoms with Crippen LogP contribution in [0, 0.1) is 5.92 Å². The maximum atomic E-state index is 4.14. The number of nitrogens with zero attached hydrogens (tertiary/aromatic N) is 3. The van der Waals surface area contributed by atoms with Crippen LogP contribution < -0.4 is 0 Å². The molecule has 3 heteroatoms. The molecule has 1 heterocycles. The maximum Gasteiger partial charge on any atom is 0.0827 e. The summed E-state index contributed by atoms with van der Waals surface area (Å²) in [6.45, 7) is 7.65. The van der Waals surface area contributed by atoms with Crippen LogP contribution in [0.2, 0.25) is 0 Å². The average Bonchev–Trinajstić information content (AvgIpc) is 2.53. The van der Waals surface area contributed by atoms with Crippen molar-refractivity contribution in [3.63, 3.8) is 0 Å². The molecular weight excluding hydrogens is 174 g/mol. The van der Waals surface area contributed by atoms with E-state index in [0.717, 1.165) is 31.0 Å². The zero-order valence-electron chi connectivity index (χ0n) is 9.53. The monoisotopic (exact) mass is 195 g/mol. The van der Waals surface area contributed by atoms with Crippen LogP contribution in [-0.2, 0) is 13.0 Å². The van der Waals surface area contributed by atoms with Crippen molar-refractivity contribution < 1.29 is 0 Å². The number of aryl methyl sites for hydroxylation is 2. The number of hydrogen-bond donors (Lipinski definition) is 0. The Morgan fingerprint density at radius 3 is 2.86 bits per heavy atom. The predicted octanol–water partition coefficient (Wildman–Crippen LogP) is 2.67. The molecule has 0 atom stereocenters. The molecule has 1 aromatic rings. The standard InChI is InChI=1S/C11H21N3/c1-4-8-14-9-11(12-13-14)7-5-6-10(2)3/h9-10H,4-8H2,1-3H3. The van der Waals surface area contributed by atoms with Crippen molar-refractivity contribution in [2.75, 3.05) is 0 Å². The molecule has 0 saturated carbocycles. The molecule has 0 radical (unpaired) electrons. The lowest BCUT2D eigenvalue weighted by molar-refractivity contribution is 0.552. The Hall–Kier alpha value is -0.860. The highest BCUT2D eigenvalue weighted by atomic mass is 15.4. The lowest BCUT2D eigenvalue weighted by atomic mass is 10.1. The van der Waals surface area contributed by atoms with E-state index in [-0.39, 0.29) is 0 Å². The molecule has 0 fully saturated rings. The van der Waals surface area contributed by atoms with E-state index < -0.39 is 0 Å². The van der Waals surface area contributed by atoms with Gasteiger partial charge in [0.25, 0.3) is 0 Å². The Morgan fingerprint density at radius 2 is 2.21 bits per heavy atom. The molecule has 0 aliphatic rings. The van der Waals surface area contributed by atoms with Crippen LogP contribution in [0.3, 0.4) is 0 Å². The van der Waals surface area contributed by atoms with Crippen LogP contribution >= 0.6 is 0 Å². The van der Waals surface area contributed by atoms with E-state index in [0.29, 0.717) is 0 Å². The molecule has 80 valence electrons. The van der Waals surface area contributed by atoms with Crippen LogP contribution in [0.1, 0.15) is 45.7 Å². The minimum Gasteiger partial charge on any atom is -0.252 e. The van der Waals surface area contributed by atoms with Crippen molar-refractivity contribution in [2.24, 2.45) is 5.92 Å². The van der Waals surface area contributed by atoms with Gasteiger partial charge in [-0.3, -0.25) is 4.68 Å². The SMILES string of the molecule is CCCn1cc(CCCC(C)C)nn1. The molecule has 0 unspecified atom stereocenters. The first-order chi connectivity index (χ1) is 6.72. The third kappa shape index (κ3) is 3.90. The third-order valence-electron chi connectivity index (χ3n) is 2.25. The van der Waals surface area contributed by atoms with Crippen LogP contribution in [0.4, 0.5) is 0 Å². The van der Waals surface area contributed by atoms with Crippen LogP contribution in [0.15, 0.2) is 6.20 Å².